The van der Waals surface area contributed by atoms with Gasteiger partial charge in [-0.15, -0.1) is 11.3 Å². The average Bonchev–Trinajstić information content (AvgIpc) is 3.08. The van der Waals surface area contributed by atoms with Crippen LogP contribution in [0.4, 0.5) is 11.8 Å². The van der Waals surface area contributed by atoms with Gasteiger partial charge in [-0.2, -0.15) is 4.98 Å². The van der Waals surface area contributed by atoms with E-state index in [9.17, 15) is 0 Å². The largest absolute Gasteiger partial charge is 0.368 e. The van der Waals surface area contributed by atoms with Gasteiger partial charge in [-0.1, -0.05) is 0 Å². The van der Waals surface area contributed by atoms with Crippen LogP contribution in [-0.2, 0) is 6.54 Å². The van der Waals surface area contributed by atoms with Crippen LogP contribution in [0.15, 0.2) is 30.2 Å². The van der Waals surface area contributed by atoms with Crippen LogP contribution in [0, 0.1) is 0 Å². The van der Waals surface area contributed by atoms with Gasteiger partial charge in [0.15, 0.2) is 0 Å². The van der Waals surface area contributed by atoms with Crippen molar-refractivity contribution >= 4 is 33.3 Å². The molecular formula is C12H14N6S. The monoisotopic (exact) mass is 274 g/mol. The van der Waals surface area contributed by atoms with Crippen LogP contribution < -0.4 is 10.6 Å². The molecule has 3 aromatic rings. The molecule has 6 nitrogen and oxygen atoms in total. The Labute approximate surface area is 114 Å². The third-order valence-corrected chi connectivity index (χ3v) is 3.58. The molecule has 0 amide bonds. The lowest BCUT2D eigenvalue weighted by Gasteiger charge is -2.08. The molecule has 7 heteroatoms. The number of hydrogen-bond acceptors (Lipinski definition) is 6. The van der Waals surface area contributed by atoms with Crippen LogP contribution in [0.2, 0.25) is 0 Å². The minimum Gasteiger partial charge on any atom is -0.368 e. The number of fused-ring (bicyclic) bond motifs is 1. The Balaban J connectivity index is 1.77. The Morgan fingerprint density at radius 1 is 1.37 bits per heavy atom. The molecule has 0 saturated carbocycles. The van der Waals surface area contributed by atoms with Gasteiger partial charge in [0, 0.05) is 32.5 Å². The van der Waals surface area contributed by atoms with Crippen molar-refractivity contribution in [2.24, 2.45) is 0 Å². The number of hydrogen-bond donors (Lipinski definition) is 2. The molecule has 0 aliphatic carbocycles. The van der Waals surface area contributed by atoms with E-state index in [0.717, 1.165) is 29.1 Å². The highest BCUT2D eigenvalue weighted by Crippen LogP contribution is 2.26. The van der Waals surface area contributed by atoms with Crippen molar-refractivity contribution in [1.82, 2.24) is 19.5 Å². The fourth-order valence-electron chi connectivity index (χ4n) is 1.82. The van der Waals surface area contributed by atoms with E-state index in [-0.39, 0.29) is 0 Å². The number of nitrogens with one attached hydrogen (secondary N) is 2. The smallest absolute Gasteiger partial charge is 0.225 e. The molecule has 0 atom stereocenters. The van der Waals surface area contributed by atoms with Gasteiger partial charge in [0.25, 0.3) is 0 Å². The SMILES string of the molecule is CNc1nc(NCCn2ccnc2)c2ccsc2n1. The number of aromatic nitrogens is 4. The Kier molecular flexibility index (Phi) is 3.28. The lowest BCUT2D eigenvalue weighted by atomic mass is 10.4. The van der Waals surface area contributed by atoms with Crippen molar-refractivity contribution in [3.05, 3.63) is 30.2 Å². The highest BCUT2D eigenvalue weighted by Gasteiger charge is 2.07. The second kappa shape index (κ2) is 5.23. The molecule has 0 fully saturated rings. The van der Waals surface area contributed by atoms with Crippen LogP contribution in [0.3, 0.4) is 0 Å². The van der Waals surface area contributed by atoms with Crippen molar-refractivity contribution in [1.29, 1.82) is 0 Å². The molecule has 0 aliphatic rings. The number of imidazole rings is 1. The molecule has 19 heavy (non-hydrogen) atoms. The standard InChI is InChI=1S/C12H14N6S/c1-13-12-16-10(9-2-7-19-11(9)17-12)15-4-6-18-5-3-14-8-18/h2-3,5,7-8H,4,6H2,1H3,(H2,13,15,16,17). The first-order chi connectivity index (χ1) is 9.36. The Morgan fingerprint density at radius 2 is 2.32 bits per heavy atom. The normalized spacial score (nSPS) is 10.8. The summed E-state index contributed by atoms with van der Waals surface area (Å²) in [6.45, 7) is 1.64. The maximum atomic E-state index is 4.46. The zero-order chi connectivity index (χ0) is 13.1. The predicted octanol–water partition coefficient (Wildman–Crippen LogP) is 2.04. The summed E-state index contributed by atoms with van der Waals surface area (Å²) < 4.78 is 2.03. The molecule has 0 bridgehead atoms. The minimum absolute atomic E-state index is 0.639. The van der Waals surface area contributed by atoms with Crippen LogP contribution in [0.1, 0.15) is 0 Å². The molecule has 3 aromatic heterocycles. The van der Waals surface area contributed by atoms with Gasteiger partial charge in [0.2, 0.25) is 5.95 Å². The number of nitrogens with zero attached hydrogens (tertiary/aromatic N) is 4. The molecule has 0 unspecified atom stereocenters. The summed E-state index contributed by atoms with van der Waals surface area (Å²) in [6.07, 6.45) is 5.53. The van der Waals surface area contributed by atoms with E-state index in [1.165, 1.54) is 0 Å². The molecule has 0 radical (unpaired) electrons. The van der Waals surface area contributed by atoms with E-state index in [1.807, 2.05) is 29.3 Å². The van der Waals surface area contributed by atoms with Crippen LogP contribution in [0.25, 0.3) is 10.2 Å². The van der Waals surface area contributed by atoms with Gasteiger partial charge in [-0.25, -0.2) is 9.97 Å². The maximum absolute atomic E-state index is 4.46. The summed E-state index contributed by atoms with van der Waals surface area (Å²) in [5, 5.41) is 9.43. The van der Waals surface area contributed by atoms with Crippen molar-refractivity contribution in [3.8, 4) is 0 Å². The highest BCUT2D eigenvalue weighted by molar-refractivity contribution is 7.16. The van der Waals surface area contributed by atoms with Crippen molar-refractivity contribution in [2.45, 2.75) is 6.54 Å². The second-order valence-electron chi connectivity index (χ2n) is 4.01. The van der Waals surface area contributed by atoms with E-state index in [4.69, 9.17) is 0 Å². The second-order valence-corrected chi connectivity index (χ2v) is 4.91. The van der Waals surface area contributed by atoms with E-state index < -0.39 is 0 Å². The van der Waals surface area contributed by atoms with Crippen LogP contribution >= 0.6 is 11.3 Å². The predicted molar refractivity (Wildman–Crippen MR) is 77.7 cm³/mol. The van der Waals surface area contributed by atoms with Gasteiger partial charge >= 0.3 is 0 Å². The number of anilines is 2. The summed E-state index contributed by atoms with van der Waals surface area (Å²) in [5.41, 5.74) is 0. The molecule has 2 N–H and O–H groups in total. The Morgan fingerprint density at radius 3 is 3.11 bits per heavy atom. The summed E-state index contributed by atoms with van der Waals surface area (Å²) in [5.74, 6) is 1.51. The van der Waals surface area contributed by atoms with Crippen LogP contribution in [0.5, 0.6) is 0 Å². The van der Waals surface area contributed by atoms with E-state index in [2.05, 4.69) is 25.6 Å². The van der Waals surface area contributed by atoms with Crippen LogP contribution in [-0.4, -0.2) is 33.1 Å². The topological polar surface area (TPSA) is 67.7 Å². The van der Waals surface area contributed by atoms with Crippen molar-refractivity contribution < 1.29 is 0 Å². The quantitative estimate of drug-likeness (QED) is 0.745. The van der Waals surface area contributed by atoms with E-state index in [0.29, 0.717) is 5.95 Å². The molecule has 0 aromatic carbocycles. The summed E-state index contributed by atoms with van der Waals surface area (Å²) >= 11 is 1.62. The first-order valence-corrected chi connectivity index (χ1v) is 6.87. The number of thiophene rings is 1. The van der Waals surface area contributed by atoms with E-state index >= 15 is 0 Å². The van der Waals surface area contributed by atoms with Gasteiger partial charge < -0.3 is 15.2 Å². The zero-order valence-corrected chi connectivity index (χ0v) is 11.3. The zero-order valence-electron chi connectivity index (χ0n) is 10.5. The Hall–Kier alpha value is -2.15. The number of rotatable bonds is 5. The molecular weight excluding hydrogens is 260 g/mol. The van der Waals surface area contributed by atoms with Gasteiger partial charge in [-0.05, 0) is 11.4 Å². The lowest BCUT2D eigenvalue weighted by molar-refractivity contribution is 0.726. The summed E-state index contributed by atoms with van der Waals surface area (Å²) in [4.78, 5) is 13.9. The average molecular weight is 274 g/mol. The van der Waals surface area contributed by atoms with Crippen molar-refractivity contribution in [2.75, 3.05) is 24.2 Å². The van der Waals surface area contributed by atoms with Crippen molar-refractivity contribution in [3.63, 3.8) is 0 Å². The van der Waals surface area contributed by atoms with Gasteiger partial charge in [0.1, 0.15) is 10.6 Å². The molecule has 3 rings (SSSR count). The van der Waals surface area contributed by atoms with E-state index in [1.54, 1.807) is 23.9 Å². The van der Waals surface area contributed by atoms with Gasteiger partial charge in [-0.3, -0.25) is 0 Å². The fourth-order valence-corrected chi connectivity index (χ4v) is 2.59. The fraction of sp³-hybridized carbons (Fsp3) is 0.250. The third kappa shape index (κ3) is 2.50. The molecule has 0 saturated heterocycles. The Bertz CT molecular complexity index is 660. The molecule has 0 aliphatic heterocycles. The molecule has 98 valence electrons. The summed E-state index contributed by atoms with van der Waals surface area (Å²) in [6, 6.07) is 2.04. The highest BCUT2D eigenvalue weighted by atomic mass is 32.1. The lowest BCUT2D eigenvalue weighted by Crippen LogP contribution is -2.11. The molecule has 0 spiro atoms. The first-order valence-electron chi connectivity index (χ1n) is 5.99. The van der Waals surface area contributed by atoms with Gasteiger partial charge in [0.05, 0.1) is 11.7 Å². The minimum atomic E-state index is 0.639. The molecule has 3 heterocycles. The first kappa shape index (κ1) is 11.9. The summed E-state index contributed by atoms with van der Waals surface area (Å²) in [7, 11) is 1.82. The third-order valence-electron chi connectivity index (χ3n) is 2.77. The maximum Gasteiger partial charge on any atom is 0.225 e.